The van der Waals surface area contributed by atoms with Crippen molar-refractivity contribution in [2.24, 2.45) is 0 Å². The number of aliphatic hydroxyl groups is 4. The normalized spacial score (nSPS) is 20.3. The molecule has 1 aliphatic heterocycles. The van der Waals surface area contributed by atoms with E-state index in [0.29, 0.717) is 13.0 Å². The van der Waals surface area contributed by atoms with Gasteiger partial charge < -0.3 is 39.4 Å². The van der Waals surface area contributed by atoms with Crippen LogP contribution in [0.15, 0.2) is 48.6 Å². The number of esters is 1. The number of carbonyl (C=O) groups excluding carboxylic acids is 1. The molecular formula is C52H94O9. The van der Waals surface area contributed by atoms with Crippen molar-refractivity contribution < 1.29 is 44.2 Å². The number of rotatable bonds is 43. The lowest BCUT2D eigenvalue weighted by Gasteiger charge is -2.39. The van der Waals surface area contributed by atoms with Crippen LogP contribution < -0.4 is 0 Å². The Hall–Kier alpha value is -1.85. The quantitative estimate of drug-likeness (QED) is 0.0268. The molecule has 0 aromatic rings. The Morgan fingerprint density at radius 3 is 1.51 bits per heavy atom. The first-order valence-corrected chi connectivity index (χ1v) is 25.2. The Kier molecular flexibility index (Phi) is 40.7. The van der Waals surface area contributed by atoms with E-state index in [9.17, 15) is 25.2 Å². The van der Waals surface area contributed by atoms with Crippen LogP contribution in [0.25, 0.3) is 0 Å². The molecule has 9 heteroatoms. The number of ether oxygens (including phenoxy) is 4. The summed E-state index contributed by atoms with van der Waals surface area (Å²) >= 11 is 0. The highest BCUT2D eigenvalue weighted by Gasteiger charge is 2.44. The van der Waals surface area contributed by atoms with Gasteiger partial charge in [-0.2, -0.15) is 0 Å². The molecule has 0 radical (unpaired) electrons. The second kappa shape index (κ2) is 43.4. The van der Waals surface area contributed by atoms with Crippen molar-refractivity contribution in [2.75, 3.05) is 26.4 Å². The van der Waals surface area contributed by atoms with Crippen LogP contribution in [0.2, 0.25) is 0 Å². The smallest absolute Gasteiger partial charge is 0.306 e. The standard InChI is InChI=1S/C52H94O9/c1-3-5-7-9-11-13-15-17-19-21-23-25-27-29-31-33-35-37-39-41-48(54)60-46(45-59-52-51(57)50(56)49(55)47(43-53)61-52)44-58-42-40-38-36-34-32-30-28-26-24-22-20-18-16-14-12-10-8-6-4-2/h5,7,11,13,17,19,23,25,46-47,49-53,55-57H,3-4,6,8-10,12,14-16,18,20-22,24,26-45H2,1-2H3/b7-5-,13-11-,19-17-,25-23-. The zero-order valence-electron chi connectivity index (χ0n) is 39.2. The molecule has 0 aromatic heterocycles. The highest BCUT2D eigenvalue weighted by Crippen LogP contribution is 2.23. The SMILES string of the molecule is CC/C=C\C/C=C\C/C=C\C/C=C\CCCCCCCCC(=O)OC(COCCCCCCCCCCCCCCCCCCCCC)COC1OC(CO)C(O)C(O)C1O. The van der Waals surface area contributed by atoms with Crippen LogP contribution in [0.4, 0.5) is 0 Å². The van der Waals surface area contributed by atoms with E-state index in [0.717, 1.165) is 70.6 Å². The van der Waals surface area contributed by atoms with E-state index < -0.39 is 43.4 Å². The minimum Gasteiger partial charge on any atom is -0.457 e. The van der Waals surface area contributed by atoms with Gasteiger partial charge in [0.2, 0.25) is 0 Å². The van der Waals surface area contributed by atoms with Crippen molar-refractivity contribution in [1.82, 2.24) is 0 Å². The molecule has 6 unspecified atom stereocenters. The Labute approximate surface area is 373 Å². The lowest BCUT2D eigenvalue weighted by atomic mass is 9.99. The molecule has 0 bridgehead atoms. The zero-order valence-corrected chi connectivity index (χ0v) is 39.2. The molecule has 1 rings (SSSR count). The topological polar surface area (TPSA) is 135 Å². The van der Waals surface area contributed by atoms with E-state index in [1.54, 1.807) is 0 Å². The molecule has 1 fully saturated rings. The number of carbonyl (C=O) groups is 1. The molecule has 0 saturated carbocycles. The number of allylic oxidation sites excluding steroid dienone is 8. The molecule has 356 valence electrons. The molecule has 61 heavy (non-hydrogen) atoms. The second-order valence-electron chi connectivity index (χ2n) is 17.2. The van der Waals surface area contributed by atoms with Crippen LogP contribution in [0, 0.1) is 0 Å². The maximum atomic E-state index is 12.8. The molecule has 4 N–H and O–H groups in total. The fraction of sp³-hybridized carbons (Fsp3) is 0.827. The van der Waals surface area contributed by atoms with Crippen LogP contribution >= 0.6 is 0 Å². The molecule has 1 aliphatic rings. The molecule has 0 spiro atoms. The number of hydrogen-bond donors (Lipinski definition) is 4. The maximum Gasteiger partial charge on any atom is 0.306 e. The van der Waals surface area contributed by atoms with Crippen LogP contribution in [0.1, 0.15) is 213 Å². The van der Waals surface area contributed by atoms with E-state index in [4.69, 9.17) is 18.9 Å². The van der Waals surface area contributed by atoms with Crippen LogP contribution in [-0.4, -0.2) is 89.6 Å². The van der Waals surface area contributed by atoms with Gasteiger partial charge in [0.25, 0.3) is 0 Å². The lowest BCUT2D eigenvalue weighted by molar-refractivity contribution is -0.305. The van der Waals surface area contributed by atoms with Crippen molar-refractivity contribution >= 4 is 5.97 Å². The van der Waals surface area contributed by atoms with Crippen molar-refractivity contribution in [2.45, 2.75) is 250 Å². The first-order valence-electron chi connectivity index (χ1n) is 25.2. The fourth-order valence-corrected chi connectivity index (χ4v) is 7.60. The molecule has 0 aromatic carbocycles. The van der Waals surface area contributed by atoms with E-state index in [1.807, 2.05) is 0 Å². The third kappa shape index (κ3) is 34.3. The average molecular weight is 863 g/mol. The third-order valence-electron chi connectivity index (χ3n) is 11.5. The summed E-state index contributed by atoms with van der Waals surface area (Å²) in [7, 11) is 0. The molecule has 1 heterocycles. The summed E-state index contributed by atoms with van der Waals surface area (Å²) in [6.07, 6.45) is 47.1. The van der Waals surface area contributed by atoms with E-state index in [2.05, 4.69) is 62.5 Å². The Morgan fingerprint density at radius 2 is 1.00 bits per heavy atom. The van der Waals surface area contributed by atoms with Crippen molar-refractivity contribution in [3.8, 4) is 0 Å². The summed E-state index contributed by atoms with van der Waals surface area (Å²) in [4.78, 5) is 12.8. The maximum absolute atomic E-state index is 12.8. The van der Waals surface area contributed by atoms with Gasteiger partial charge in [-0.15, -0.1) is 0 Å². The van der Waals surface area contributed by atoms with Crippen LogP contribution in [-0.2, 0) is 23.7 Å². The minimum absolute atomic E-state index is 0.118. The highest BCUT2D eigenvalue weighted by atomic mass is 16.7. The van der Waals surface area contributed by atoms with Crippen LogP contribution in [0.5, 0.6) is 0 Å². The Balaban J connectivity index is 2.22. The average Bonchev–Trinajstić information content (AvgIpc) is 3.26. The molecular weight excluding hydrogens is 769 g/mol. The minimum atomic E-state index is -1.54. The van der Waals surface area contributed by atoms with Gasteiger partial charge in [0.05, 0.1) is 19.8 Å². The van der Waals surface area contributed by atoms with Crippen molar-refractivity contribution in [1.29, 1.82) is 0 Å². The predicted molar refractivity (Wildman–Crippen MR) is 251 cm³/mol. The lowest BCUT2D eigenvalue weighted by Crippen LogP contribution is -2.59. The third-order valence-corrected chi connectivity index (χ3v) is 11.5. The zero-order chi connectivity index (χ0) is 44.3. The highest BCUT2D eigenvalue weighted by molar-refractivity contribution is 5.69. The van der Waals surface area contributed by atoms with Gasteiger partial charge in [0.15, 0.2) is 6.29 Å². The van der Waals surface area contributed by atoms with Gasteiger partial charge in [-0.1, -0.05) is 204 Å². The summed E-state index contributed by atoms with van der Waals surface area (Å²) in [5.41, 5.74) is 0. The summed E-state index contributed by atoms with van der Waals surface area (Å²) in [6.45, 7) is 4.46. The predicted octanol–water partition coefficient (Wildman–Crippen LogP) is 12.1. The van der Waals surface area contributed by atoms with E-state index in [-0.39, 0.29) is 19.2 Å². The van der Waals surface area contributed by atoms with E-state index >= 15 is 0 Å². The van der Waals surface area contributed by atoms with Crippen molar-refractivity contribution in [3.63, 3.8) is 0 Å². The number of unbranched alkanes of at least 4 members (excludes halogenated alkanes) is 24. The van der Waals surface area contributed by atoms with Gasteiger partial charge in [0.1, 0.15) is 30.5 Å². The Morgan fingerprint density at radius 1 is 0.541 bits per heavy atom. The monoisotopic (exact) mass is 863 g/mol. The molecule has 0 amide bonds. The largest absolute Gasteiger partial charge is 0.457 e. The van der Waals surface area contributed by atoms with Gasteiger partial charge in [-0.3, -0.25) is 4.79 Å². The van der Waals surface area contributed by atoms with Crippen molar-refractivity contribution in [3.05, 3.63) is 48.6 Å². The summed E-state index contributed by atoms with van der Waals surface area (Å²) in [5, 5.41) is 40.2. The summed E-state index contributed by atoms with van der Waals surface area (Å²) in [6, 6.07) is 0. The summed E-state index contributed by atoms with van der Waals surface area (Å²) in [5.74, 6) is -0.325. The molecule has 0 aliphatic carbocycles. The molecule has 6 atom stereocenters. The number of hydrogen-bond acceptors (Lipinski definition) is 9. The molecule has 9 nitrogen and oxygen atoms in total. The van der Waals surface area contributed by atoms with Gasteiger partial charge in [-0.25, -0.2) is 0 Å². The van der Waals surface area contributed by atoms with Gasteiger partial charge in [0, 0.05) is 13.0 Å². The van der Waals surface area contributed by atoms with Gasteiger partial charge in [-0.05, 0) is 51.4 Å². The molecule has 1 saturated heterocycles. The second-order valence-corrected chi connectivity index (χ2v) is 17.2. The first-order chi connectivity index (χ1) is 29.9. The Bertz CT molecular complexity index is 1070. The number of aliphatic hydroxyl groups excluding tert-OH is 4. The van der Waals surface area contributed by atoms with Gasteiger partial charge >= 0.3 is 5.97 Å². The fourth-order valence-electron chi connectivity index (χ4n) is 7.60. The summed E-state index contributed by atoms with van der Waals surface area (Å²) < 4.78 is 22.9. The van der Waals surface area contributed by atoms with E-state index in [1.165, 1.54) is 122 Å². The first kappa shape index (κ1) is 57.2. The van der Waals surface area contributed by atoms with Crippen LogP contribution in [0.3, 0.4) is 0 Å².